The summed E-state index contributed by atoms with van der Waals surface area (Å²) >= 11 is 0. The Morgan fingerprint density at radius 1 is 1.22 bits per heavy atom. The summed E-state index contributed by atoms with van der Waals surface area (Å²) in [6, 6.07) is 10.3. The quantitative estimate of drug-likeness (QED) is 0.760. The SMILES string of the molecule is CC1(C)C2CCC1(/C=C/c1ccccc1)C(=O)C2. The maximum absolute atomic E-state index is 12.3. The van der Waals surface area contributed by atoms with Crippen molar-refractivity contribution >= 4 is 11.9 Å². The monoisotopic (exact) mass is 240 g/mol. The van der Waals surface area contributed by atoms with E-state index in [0.717, 1.165) is 12.8 Å². The van der Waals surface area contributed by atoms with Crippen LogP contribution >= 0.6 is 0 Å². The Morgan fingerprint density at radius 3 is 2.50 bits per heavy atom. The molecular formula is C17H20O. The van der Waals surface area contributed by atoms with Gasteiger partial charge in [-0.3, -0.25) is 4.79 Å². The number of carbonyl (C=O) groups is 1. The van der Waals surface area contributed by atoms with E-state index in [9.17, 15) is 4.79 Å². The van der Waals surface area contributed by atoms with E-state index < -0.39 is 0 Å². The highest BCUT2D eigenvalue weighted by atomic mass is 16.1. The molecule has 2 atom stereocenters. The molecule has 1 heteroatoms. The van der Waals surface area contributed by atoms with Crippen LogP contribution in [-0.2, 0) is 4.79 Å². The van der Waals surface area contributed by atoms with Crippen LogP contribution in [0.25, 0.3) is 6.08 Å². The summed E-state index contributed by atoms with van der Waals surface area (Å²) in [6.07, 6.45) is 7.35. The van der Waals surface area contributed by atoms with E-state index in [4.69, 9.17) is 0 Å². The first-order valence-electron chi connectivity index (χ1n) is 6.84. The number of benzene rings is 1. The molecule has 1 nitrogen and oxygen atoms in total. The van der Waals surface area contributed by atoms with E-state index in [1.165, 1.54) is 12.0 Å². The summed E-state index contributed by atoms with van der Waals surface area (Å²) in [4.78, 5) is 12.3. The number of rotatable bonds is 2. The van der Waals surface area contributed by atoms with Crippen molar-refractivity contribution in [1.29, 1.82) is 0 Å². The average molecular weight is 240 g/mol. The van der Waals surface area contributed by atoms with E-state index in [1.807, 2.05) is 18.2 Å². The van der Waals surface area contributed by atoms with E-state index in [-0.39, 0.29) is 10.8 Å². The molecular weight excluding hydrogens is 220 g/mol. The Kier molecular flexibility index (Phi) is 2.48. The fourth-order valence-corrected chi connectivity index (χ4v) is 3.90. The predicted octanol–water partition coefficient (Wildman–Crippen LogP) is 4.10. The highest BCUT2D eigenvalue weighted by molar-refractivity contribution is 5.92. The number of hydrogen-bond donors (Lipinski definition) is 0. The molecule has 0 aliphatic heterocycles. The third-order valence-electron chi connectivity index (χ3n) is 5.35. The molecule has 2 fully saturated rings. The van der Waals surface area contributed by atoms with Gasteiger partial charge in [0, 0.05) is 6.42 Å². The zero-order chi connectivity index (χ0) is 12.8. The number of carbonyl (C=O) groups excluding carboxylic acids is 1. The third-order valence-corrected chi connectivity index (χ3v) is 5.35. The van der Waals surface area contributed by atoms with Gasteiger partial charge in [-0.25, -0.2) is 0 Å². The van der Waals surface area contributed by atoms with Crippen LogP contribution in [-0.4, -0.2) is 5.78 Å². The zero-order valence-electron chi connectivity index (χ0n) is 11.1. The molecule has 2 aliphatic carbocycles. The Hall–Kier alpha value is -1.37. The summed E-state index contributed by atoms with van der Waals surface area (Å²) in [5, 5.41) is 0. The number of ketones is 1. The number of allylic oxidation sites excluding steroid dienone is 1. The zero-order valence-corrected chi connectivity index (χ0v) is 11.1. The second-order valence-corrected chi connectivity index (χ2v) is 6.30. The summed E-state index contributed by atoms with van der Waals surface area (Å²) in [5.74, 6) is 1.04. The molecule has 0 saturated heterocycles. The molecule has 18 heavy (non-hydrogen) atoms. The van der Waals surface area contributed by atoms with Gasteiger partial charge >= 0.3 is 0 Å². The van der Waals surface area contributed by atoms with Crippen LogP contribution in [0.5, 0.6) is 0 Å². The second-order valence-electron chi connectivity index (χ2n) is 6.30. The fourth-order valence-electron chi connectivity index (χ4n) is 3.90. The molecule has 3 rings (SSSR count). The third kappa shape index (κ3) is 1.43. The molecule has 0 N–H and O–H groups in total. The molecule has 0 aromatic heterocycles. The molecule has 94 valence electrons. The lowest BCUT2D eigenvalue weighted by Gasteiger charge is -2.33. The molecule has 0 spiro atoms. The first-order valence-corrected chi connectivity index (χ1v) is 6.84. The van der Waals surface area contributed by atoms with Crippen LogP contribution in [0.2, 0.25) is 0 Å². The largest absolute Gasteiger partial charge is 0.299 e. The molecule has 2 aliphatic rings. The maximum Gasteiger partial charge on any atom is 0.143 e. The van der Waals surface area contributed by atoms with Gasteiger partial charge in [0.25, 0.3) is 0 Å². The lowest BCUT2D eigenvalue weighted by Crippen LogP contribution is -2.33. The van der Waals surface area contributed by atoms with Crippen LogP contribution < -0.4 is 0 Å². The Balaban J connectivity index is 1.96. The Bertz CT molecular complexity index is 498. The minimum atomic E-state index is -0.201. The average Bonchev–Trinajstić information content (AvgIpc) is 2.72. The van der Waals surface area contributed by atoms with E-state index >= 15 is 0 Å². The second kappa shape index (κ2) is 3.81. The van der Waals surface area contributed by atoms with Gasteiger partial charge in [0.05, 0.1) is 5.41 Å². The molecule has 0 radical (unpaired) electrons. The van der Waals surface area contributed by atoms with Crippen molar-refractivity contribution in [3.05, 3.63) is 42.0 Å². The topological polar surface area (TPSA) is 17.1 Å². The normalized spacial score (nSPS) is 33.4. The van der Waals surface area contributed by atoms with Crippen molar-refractivity contribution < 1.29 is 4.79 Å². The summed E-state index contributed by atoms with van der Waals surface area (Å²) in [6.45, 7) is 4.54. The minimum absolute atomic E-state index is 0.134. The molecule has 2 bridgehead atoms. The summed E-state index contributed by atoms with van der Waals surface area (Å²) in [7, 11) is 0. The van der Waals surface area contributed by atoms with Gasteiger partial charge in [-0.05, 0) is 29.7 Å². The van der Waals surface area contributed by atoms with E-state index in [0.29, 0.717) is 11.7 Å². The minimum Gasteiger partial charge on any atom is -0.299 e. The van der Waals surface area contributed by atoms with Crippen molar-refractivity contribution in [1.82, 2.24) is 0 Å². The highest BCUT2D eigenvalue weighted by Crippen LogP contribution is 2.64. The van der Waals surface area contributed by atoms with Gasteiger partial charge in [-0.1, -0.05) is 56.3 Å². The molecule has 1 aromatic rings. The number of Topliss-reactive ketones (excluding diaryl/α,β-unsaturated/α-hetero) is 1. The first kappa shape index (κ1) is 11.7. The van der Waals surface area contributed by atoms with Crippen molar-refractivity contribution in [3.63, 3.8) is 0 Å². The van der Waals surface area contributed by atoms with Crippen LogP contribution in [0.3, 0.4) is 0 Å². The van der Waals surface area contributed by atoms with Gasteiger partial charge in [0.2, 0.25) is 0 Å². The molecule has 2 saturated carbocycles. The van der Waals surface area contributed by atoms with Crippen molar-refractivity contribution in [3.8, 4) is 0 Å². The van der Waals surface area contributed by atoms with Gasteiger partial charge in [-0.15, -0.1) is 0 Å². The number of hydrogen-bond acceptors (Lipinski definition) is 1. The summed E-state index contributed by atoms with van der Waals surface area (Å²) in [5.41, 5.74) is 1.12. The van der Waals surface area contributed by atoms with Crippen molar-refractivity contribution in [2.75, 3.05) is 0 Å². The molecule has 1 aromatic carbocycles. The fraction of sp³-hybridized carbons (Fsp3) is 0.471. The maximum atomic E-state index is 12.3. The van der Waals surface area contributed by atoms with Gasteiger partial charge < -0.3 is 0 Å². The molecule has 0 heterocycles. The standard InChI is InChI=1S/C17H20O/c1-16(2)14-9-11-17(16,15(18)12-14)10-8-13-6-4-3-5-7-13/h3-8,10,14H,9,11-12H2,1-2H3/b10-8+. The Morgan fingerprint density at radius 2 is 1.94 bits per heavy atom. The lowest BCUT2D eigenvalue weighted by atomic mass is 9.68. The summed E-state index contributed by atoms with van der Waals surface area (Å²) < 4.78 is 0. The first-order chi connectivity index (χ1) is 8.56. The van der Waals surface area contributed by atoms with E-state index in [2.05, 4.69) is 38.1 Å². The van der Waals surface area contributed by atoms with Crippen LogP contribution in [0.1, 0.15) is 38.7 Å². The van der Waals surface area contributed by atoms with Gasteiger partial charge in [0.15, 0.2) is 0 Å². The number of fused-ring (bicyclic) bond motifs is 2. The van der Waals surface area contributed by atoms with Crippen molar-refractivity contribution in [2.24, 2.45) is 16.7 Å². The van der Waals surface area contributed by atoms with E-state index in [1.54, 1.807) is 0 Å². The Labute approximate surface area is 109 Å². The van der Waals surface area contributed by atoms with Crippen LogP contribution in [0.4, 0.5) is 0 Å². The smallest absolute Gasteiger partial charge is 0.143 e. The molecule has 2 unspecified atom stereocenters. The highest BCUT2D eigenvalue weighted by Gasteiger charge is 2.62. The van der Waals surface area contributed by atoms with Gasteiger partial charge in [-0.2, -0.15) is 0 Å². The van der Waals surface area contributed by atoms with Crippen LogP contribution in [0.15, 0.2) is 36.4 Å². The lowest BCUT2D eigenvalue weighted by molar-refractivity contribution is -0.126. The van der Waals surface area contributed by atoms with Crippen molar-refractivity contribution in [2.45, 2.75) is 33.1 Å². The van der Waals surface area contributed by atoms with Crippen LogP contribution in [0, 0.1) is 16.7 Å². The molecule has 0 amide bonds. The van der Waals surface area contributed by atoms with Gasteiger partial charge in [0.1, 0.15) is 5.78 Å². The predicted molar refractivity (Wildman–Crippen MR) is 74.0 cm³/mol.